The van der Waals surface area contributed by atoms with Gasteiger partial charge in [0, 0.05) is 25.4 Å². The fraction of sp³-hybridized carbons (Fsp3) is 0.353. The maximum Gasteiger partial charge on any atom is 0.255 e. The predicted octanol–water partition coefficient (Wildman–Crippen LogP) is 1.12. The minimum absolute atomic E-state index is 0.142. The molecule has 0 aliphatic heterocycles. The molecular formula is C17H23N5O3S. The normalized spacial score (nSPS) is 12.1. The Labute approximate surface area is 153 Å². The van der Waals surface area contributed by atoms with E-state index in [2.05, 4.69) is 15.6 Å². The molecule has 26 heavy (non-hydrogen) atoms. The zero-order valence-electron chi connectivity index (χ0n) is 15.5. The number of rotatable bonds is 6. The topological polar surface area (TPSA) is 96.7 Å². The molecule has 1 N–H and O–H groups in total. The minimum Gasteiger partial charge on any atom is -0.272 e. The highest BCUT2D eigenvalue weighted by Gasteiger charge is 2.22. The van der Waals surface area contributed by atoms with Crippen LogP contribution in [0.4, 0.5) is 0 Å². The Hall–Kier alpha value is -2.52. The molecule has 0 radical (unpaired) electrons. The van der Waals surface area contributed by atoms with Gasteiger partial charge in [-0.2, -0.15) is 14.5 Å². The van der Waals surface area contributed by atoms with Crippen LogP contribution in [0.15, 0.2) is 34.3 Å². The van der Waals surface area contributed by atoms with Crippen LogP contribution in [-0.4, -0.2) is 48.2 Å². The summed E-state index contributed by atoms with van der Waals surface area (Å²) < 4.78 is 27.6. The van der Waals surface area contributed by atoms with E-state index in [1.165, 1.54) is 25.4 Å². The Morgan fingerprint density at radius 3 is 2.42 bits per heavy atom. The molecule has 2 rings (SSSR count). The fourth-order valence-corrected chi connectivity index (χ4v) is 3.49. The zero-order chi connectivity index (χ0) is 19.5. The Balaban J connectivity index is 2.00. The standard InChI is InChI=1S/C17H23N5O3S/c1-12-6-8-15(9-7-12)26(24,25)21(4)11-17(23)19-18-10-16-13(2)20-22(5)14(16)3/h6-10H,11H2,1-5H3,(H,19,23)/b18-10-. The molecule has 1 amide bonds. The monoisotopic (exact) mass is 377 g/mol. The molecule has 0 aliphatic carbocycles. The van der Waals surface area contributed by atoms with Gasteiger partial charge in [0.2, 0.25) is 10.0 Å². The van der Waals surface area contributed by atoms with Crippen LogP contribution < -0.4 is 5.43 Å². The van der Waals surface area contributed by atoms with Gasteiger partial charge >= 0.3 is 0 Å². The Morgan fingerprint density at radius 1 is 1.27 bits per heavy atom. The molecule has 0 saturated carbocycles. The summed E-state index contributed by atoms with van der Waals surface area (Å²) in [6.45, 7) is 5.28. The van der Waals surface area contributed by atoms with Crippen LogP contribution in [0.3, 0.4) is 0 Å². The van der Waals surface area contributed by atoms with E-state index in [4.69, 9.17) is 0 Å². The molecule has 0 saturated heterocycles. The summed E-state index contributed by atoms with van der Waals surface area (Å²) in [5, 5.41) is 8.15. The third-order valence-corrected chi connectivity index (χ3v) is 5.86. The number of carbonyl (C=O) groups excluding carboxylic acids is 1. The third-order valence-electron chi connectivity index (χ3n) is 4.04. The van der Waals surface area contributed by atoms with Gasteiger partial charge in [-0.3, -0.25) is 9.48 Å². The summed E-state index contributed by atoms with van der Waals surface area (Å²) in [4.78, 5) is 12.1. The van der Waals surface area contributed by atoms with Crippen LogP contribution >= 0.6 is 0 Å². The van der Waals surface area contributed by atoms with Crippen LogP contribution in [0, 0.1) is 20.8 Å². The van der Waals surface area contributed by atoms with E-state index in [-0.39, 0.29) is 11.4 Å². The van der Waals surface area contributed by atoms with E-state index >= 15 is 0 Å². The molecule has 140 valence electrons. The van der Waals surface area contributed by atoms with Crippen molar-refractivity contribution in [3.63, 3.8) is 0 Å². The number of hydrogen-bond acceptors (Lipinski definition) is 5. The van der Waals surface area contributed by atoms with E-state index in [9.17, 15) is 13.2 Å². The lowest BCUT2D eigenvalue weighted by Crippen LogP contribution is -2.36. The average Bonchev–Trinajstić information content (AvgIpc) is 2.81. The maximum atomic E-state index is 12.5. The minimum atomic E-state index is -3.73. The fourth-order valence-electron chi connectivity index (χ4n) is 2.36. The predicted molar refractivity (Wildman–Crippen MR) is 99.4 cm³/mol. The highest BCUT2D eigenvalue weighted by molar-refractivity contribution is 7.89. The molecule has 0 bridgehead atoms. The zero-order valence-corrected chi connectivity index (χ0v) is 16.3. The largest absolute Gasteiger partial charge is 0.272 e. The van der Waals surface area contributed by atoms with E-state index in [0.29, 0.717) is 0 Å². The Morgan fingerprint density at radius 2 is 1.88 bits per heavy atom. The van der Waals surface area contributed by atoms with Gasteiger partial charge in [0.15, 0.2) is 0 Å². The van der Waals surface area contributed by atoms with Crippen LogP contribution in [0.25, 0.3) is 0 Å². The van der Waals surface area contributed by atoms with E-state index in [0.717, 1.165) is 26.8 Å². The summed E-state index contributed by atoms with van der Waals surface area (Å²) in [7, 11) is -0.553. The molecule has 1 aromatic carbocycles. The van der Waals surface area contributed by atoms with Crippen molar-refractivity contribution >= 4 is 22.1 Å². The van der Waals surface area contributed by atoms with Crippen molar-refractivity contribution in [1.82, 2.24) is 19.5 Å². The number of aromatic nitrogens is 2. The van der Waals surface area contributed by atoms with Gasteiger partial charge in [0.1, 0.15) is 0 Å². The van der Waals surface area contributed by atoms with Gasteiger partial charge in [-0.15, -0.1) is 0 Å². The highest BCUT2D eigenvalue weighted by atomic mass is 32.2. The molecule has 8 nitrogen and oxygen atoms in total. The van der Waals surface area contributed by atoms with Crippen molar-refractivity contribution in [3.05, 3.63) is 46.8 Å². The van der Waals surface area contributed by atoms with Crippen molar-refractivity contribution in [2.24, 2.45) is 12.1 Å². The van der Waals surface area contributed by atoms with E-state index in [1.54, 1.807) is 16.8 Å². The van der Waals surface area contributed by atoms with E-state index in [1.807, 2.05) is 27.8 Å². The first-order valence-corrected chi connectivity index (χ1v) is 9.42. The average molecular weight is 377 g/mol. The van der Waals surface area contributed by atoms with Crippen LogP contribution in [-0.2, 0) is 21.9 Å². The first-order chi connectivity index (χ1) is 12.1. The second-order valence-electron chi connectivity index (χ2n) is 6.08. The lowest BCUT2D eigenvalue weighted by Gasteiger charge is -2.16. The number of sulfonamides is 1. The molecule has 0 spiro atoms. The maximum absolute atomic E-state index is 12.5. The molecular weight excluding hydrogens is 354 g/mol. The molecule has 2 aromatic rings. The molecule has 1 heterocycles. The summed E-state index contributed by atoms with van der Waals surface area (Å²) in [6.07, 6.45) is 1.50. The lowest BCUT2D eigenvalue weighted by molar-refractivity contribution is -0.121. The number of hydrogen-bond donors (Lipinski definition) is 1. The molecule has 9 heteroatoms. The number of benzene rings is 1. The Kier molecular flexibility index (Phi) is 5.94. The van der Waals surface area contributed by atoms with Crippen LogP contribution in [0.2, 0.25) is 0 Å². The number of nitrogens with one attached hydrogen (secondary N) is 1. The number of nitrogens with zero attached hydrogens (tertiary/aromatic N) is 4. The van der Waals surface area contributed by atoms with Gasteiger partial charge in [-0.05, 0) is 32.9 Å². The quantitative estimate of drug-likeness (QED) is 0.602. The lowest BCUT2D eigenvalue weighted by atomic mass is 10.2. The molecule has 0 fully saturated rings. The Bertz CT molecular complexity index is 930. The van der Waals surface area contributed by atoms with Crippen LogP contribution in [0.5, 0.6) is 0 Å². The number of amides is 1. The van der Waals surface area contributed by atoms with Crippen molar-refractivity contribution in [2.45, 2.75) is 25.7 Å². The first kappa shape index (κ1) is 19.8. The van der Waals surface area contributed by atoms with Crippen molar-refractivity contribution in [3.8, 4) is 0 Å². The third kappa shape index (κ3) is 4.36. The van der Waals surface area contributed by atoms with Crippen LogP contribution in [0.1, 0.15) is 22.5 Å². The first-order valence-electron chi connectivity index (χ1n) is 7.98. The summed E-state index contributed by atoms with van der Waals surface area (Å²) in [5.74, 6) is -0.529. The van der Waals surface area contributed by atoms with Crippen molar-refractivity contribution in [1.29, 1.82) is 0 Å². The SMILES string of the molecule is Cc1ccc(S(=O)(=O)N(C)CC(=O)N/N=C\c2c(C)nn(C)c2C)cc1. The number of hydrazone groups is 1. The van der Waals surface area contributed by atoms with Gasteiger partial charge in [-0.1, -0.05) is 17.7 Å². The second kappa shape index (κ2) is 7.79. The number of carbonyl (C=O) groups is 1. The van der Waals surface area contributed by atoms with Gasteiger partial charge in [0.25, 0.3) is 5.91 Å². The molecule has 0 atom stereocenters. The summed E-state index contributed by atoms with van der Waals surface area (Å²) in [5.41, 5.74) is 5.83. The highest BCUT2D eigenvalue weighted by Crippen LogP contribution is 2.14. The molecule has 1 aromatic heterocycles. The van der Waals surface area contributed by atoms with Gasteiger partial charge in [-0.25, -0.2) is 13.8 Å². The molecule has 0 unspecified atom stereocenters. The molecule has 0 aliphatic rings. The van der Waals surface area contributed by atoms with Crippen molar-refractivity contribution < 1.29 is 13.2 Å². The van der Waals surface area contributed by atoms with E-state index < -0.39 is 15.9 Å². The summed E-state index contributed by atoms with van der Waals surface area (Å²) >= 11 is 0. The van der Waals surface area contributed by atoms with Gasteiger partial charge < -0.3 is 0 Å². The summed E-state index contributed by atoms with van der Waals surface area (Å²) in [6, 6.07) is 6.46. The number of likely N-dealkylation sites (N-methyl/N-ethyl adjacent to an activating group) is 1. The van der Waals surface area contributed by atoms with Crippen molar-refractivity contribution in [2.75, 3.05) is 13.6 Å². The van der Waals surface area contributed by atoms with Gasteiger partial charge in [0.05, 0.1) is 23.3 Å². The second-order valence-corrected chi connectivity index (χ2v) is 8.12. The smallest absolute Gasteiger partial charge is 0.255 e. The number of aryl methyl sites for hydroxylation is 3.